The number of hydrogen-bond donors (Lipinski definition) is 2. The Labute approximate surface area is 142 Å². The molecule has 1 aromatic heterocycles. The highest BCUT2D eigenvalue weighted by Crippen LogP contribution is 2.32. The molecule has 5 nitrogen and oxygen atoms in total. The van der Waals surface area contributed by atoms with Crippen LogP contribution in [0.5, 0.6) is 0 Å². The second-order valence-electron chi connectivity index (χ2n) is 6.92. The SMILES string of the molecule is CC(C)c1ccc2c(c1)[C@H](NC(=O)C(O)c1cnn(C)c1)CCC2. The number of rotatable bonds is 4. The first kappa shape index (κ1) is 16.7. The van der Waals surface area contributed by atoms with Crippen LogP contribution in [0.3, 0.4) is 0 Å². The van der Waals surface area contributed by atoms with E-state index < -0.39 is 6.10 Å². The molecule has 0 spiro atoms. The lowest BCUT2D eigenvalue weighted by Crippen LogP contribution is -2.34. The predicted molar refractivity (Wildman–Crippen MR) is 92.5 cm³/mol. The molecule has 5 heteroatoms. The number of fused-ring (bicyclic) bond motifs is 1. The minimum Gasteiger partial charge on any atom is -0.378 e. The van der Waals surface area contributed by atoms with Crippen molar-refractivity contribution in [2.24, 2.45) is 7.05 Å². The lowest BCUT2D eigenvalue weighted by molar-refractivity contribution is -0.130. The number of hydrogen-bond acceptors (Lipinski definition) is 3. The van der Waals surface area contributed by atoms with Gasteiger partial charge in [-0.3, -0.25) is 9.48 Å². The van der Waals surface area contributed by atoms with Gasteiger partial charge in [0, 0.05) is 18.8 Å². The zero-order valence-corrected chi connectivity index (χ0v) is 14.5. The Kier molecular flexibility index (Phi) is 4.71. The molecule has 3 rings (SSSR count). The van der Waals surface area contributed by atoms with E-state index in [9.17, 15) is 9.90 Å². The minimum atomic E-state index is -1.18. The molecule has 0 saturated carbocycles. The molecule has 1 aliphatic rings. The van der Waals surface area contributed by atoms with Gasteiger partial charge in [0.05, 0.1) is 12.2 Å². The van der Waals surface area contributed by atoms with Gasteiger partial charge in [-0.25, -0.2) is 0 Å². The summed E-state index contributed by atoms with van der Waals surface area (Å²) in [7, 11) is 1.76. The van der Waals surface area contributed by atoms with Gasteiger partial charge in [0.15, 0.2) is 6.10 Å². The van der Waals surface area contributed by atoms with Gasteiger partial charge in [-0.05, 0) is 41.9 Å². The molecule has 1 aliphatic carbocycles. The summed E-state index contributed by atoms with van der Waals surface area (Å²) in [5, 5.41) is 17.3. The van der Waals surface area contributed by atoms with Crippen LogP contribution in [-0.4, -0.2) is 20.8 Å². The molecule has 2 aromatic rings. The van der Waals surface area contributed by atoms with Crippen LogP contribution in [0, 0.1) is 0 Å². The van der Waals surface area contributed by atoms with E-state index in [4.69, 9.17) is 0 Å². The fourth-order valence-corrected chi connectivity index (χ4v) is 3.31. The van der Waals surface area contributed by atoms with Crippen molar-refractivity contribution in [3.8, 4) is 0 Å². The number of amides is 1. The lowest BCUT2D eigenvalue weighted by atomic mass is 9.85. The highest BCUT2D eigenvalue weighted by molar-refractivity contribution is 5.82. The van der Waals surface area contributed by atoms with E-state index in [2.05, 4.69) is 42.5 Å². The smallest absolute Gasteiger partial charge is 0.254 e. The van der Waals surface area contributed by atoms with Crippen LogP contribution < -0.4 is 5.32 Å². The number of nitrogens with one attached hydrogen (secondary N) is 1. The van der Waals surface area contributed by atoms with Gasteiger partial charge in [0.2, 0.25) is 0 Å². The fraction of sp³-hybridized carbons (Fsp3) is 0.474. The molecule has 1 unspecified atom stereocenters. The second kappa shape index (κ2) is 6.77. The van der Waals surface area contributed by atoms with Crippen molar-refractivity contribution in [3.63, 3.8) is 0 Å². The average molecular weight is 327 g/mol. The predicted octanol–water partition coefficient (Wildman–Crippen LogP) is 2.77. The Morgan fingerprint density at radius 3 is 2.83 bits per heavy atom. The number of benzene rings is 1. The van der Waals surface area contributed by atoms with E-state index in [1.54, 1.807) is 17.9 Å². The van der Waals surface area contributed by atoms with E-state index >= 15 is 0 Å². The van der Waals surface area contributed by atoms with Crippen LogP contribution >= 0.6 is 0 Å². The van der Waals surface area contributed by atoms with Gasteiger partial charge < -0.3 is 10.4 Å². The molecular weight excluding hydrogens is 302 g/mol. The van der Waals surface area contributed by atoms with Gasteiger partial charge in [0.1, 0.15) is 0 Å². The molecular formula is C19H25N3O2. The van der Waals surface area contributed by atoms with Crippen LogP contribution in [0.15, 0.2) is 30.6 Å². The Bertz CT molecular complexity index is 736. The largest absolute Gasteiger partial charge is 0.378 e. The topological polar surface area (TPSA) is 67.2 Å². The summed E-state index contributed by atoms with van der Waals surface area (Å²) in [4.78, 5) is 12.5. The number of carbonyl (C=O) groups excluding carboxylic acids is 1. The number of aliphatic hydroxyl groups is 1. The molecule has 2 N–H and O–H groups in total. The van der Waals surface area contributed by atoms with E-state index in [0.717, 1.165) is 19.3 Å². The fourth-order valence-electron chi connectivity index (χ4n) is 3.31. The first-order chi connectivity index (χ1) is 11.5. The molecule has 24 heavy (non-hydrogen) atoms. The number of carbonyl (C=O) groups is 1. The Balaban J connectivity index is 1.79. The normalized spacial score (nSPS) is 18.3. The van der Waals surface area contributed by atoms with Crippen LogP contribution in [0.25, 0.3) is 0 Å². The third-order valence-electron chi connectivity index (χ3n) is 4.76. The van der Waals surface area contributed by atoms with Crippen molar-refractivity contribution >= 4 is 5.91 Å². The quantitative estimate of drug-likeness (QED) is 0.907. The zero-order chi connectivity index (χ0) is 17.3. The maximum atomic E-state index is 12.5. The Morgan fingerprint density at radius 1 is 1.38 bits per heavy atom. The van der Waals surface area contributed by atoms with Crippen molar-refractivity contribution in [3.05, 3.63) is 52.8 Å². The number of aliphatic hydroxyl groups excluding tert-OH is 1. The molecule has 0 aliphatic heterocycles. The summed E-state index contributed by atoms with van der Waals surface area (Å²) in [6.07, 6.45) is 5.00. The van der Waals surface area contributed by atoms with Crippen LogP contribution in [0.4, 0.5) is 0 Å². The van der Waals surface area contributed by atoms with E-state index in [0.29, 0.717) is 11.5 Å². The standard InChI is InChI=1S/C19H25N3O2/c1-12(2)14-8-7-13-5-4-6-17(16(13)9-14)21-19(24)18(23)15-10-20-22(3)11-15/h7-12,17-18,23H,4-6H2,1-3H3,(H,21,24)/t17-,18?/m1/s1. The van der Waals surface area contributed by atoms with Crippen molar-refractivity contribution in [2.75, 3.05) is 0 Å². The zero-order valence-electron chi connectivity index (χ0n) is 14.5. The Morgan fingerprint density at radius 2 is 2.17 bits per heavy atom. The van der Waals surface area contributed by atoms with Crippen molar-refractivity contribution in [1.29, 1.82) is 0 Å². The summed E-state index contributed by atoms with van der Waals surface area (Å²) in [5.74, 6) is 0.0883. The second-order valence-corrected chi connectivity index (χ2v) is 6.92. The molecule has 0 radical (unpaired) electrons. The maximum absolute atomic E-state index is 12.5. The molecule has 1 aromatic carbocycles. The monoisotopic (exact) mass is 327 g/mol. The van der Waals surface area contributed by atoms with Crippen molar-refractivity contribution in [1.82, 2.24) is 15.1 Å². The van der Waals surface area contributed by atoms with E-state index in [1.807, 2.05) is 0 Å². The van der Waals surface area contributed by atoms with Gasteiger partial charge >= 0.3 is 0 Å². The van der Waals surface area contributed by atoms with E-state index in [1.165, 1.54) is 22.9 Å². The third-order valence-corrected chi connectivity index (χ3v) is 4.76. The van der Waals surface area contributed by atoms with Gasteiger partial charge in [-0.2, -0.15) is 5.10 Å². The van der Waals surface area contributed by atoms with Gasteiger partial charge in [0.25, 0.3) is 5.91 Å². The summed E-state index contributed by atoms with van der Waals surface area (Å²) in [6.45, 7) is 4.34. The lowest BCUT2D eigenvalue weighted by Gasteiger charge is -2.28. The van der Waals surface area contributed by atoms with Gasteiger partial charge in [-0.1, -0.05) is 32.0 Å². The number of aromatic nitrogens is 2. The molecule has 0 bridgehead atoms. The van der Waals surface area contributed by atoms with Crippen molar-refractivity contribution < 1.29 is 9.90 Å². The molecule has 1 amide bonds. The third kappa shape index (κ3) is 3.36. The highest BCUT2D eigenvalue weighted by atomic mass is 16.3. The highest BCUT2D eigenvalue weighted by Gasteiger charge is 2.26. The van der Waals surface area contributed by atoms with Gasteiger partial charge in [-0.15, -0.1) is 0 Å². The number of aryl methyl sites for hydroxylation is 2. The average Bonchev–Trinajstić information content (AvgIpc) is 3.00. The maximum Gasteiger partial charge on any atom is 0.254 e. The van der Waals surface area contributed by atoms with Crippen LogP contribution in [-0.2, 0) is 18.3 Å². The summed E-state index contributed by atoms with van der Waals surface area (Å²) < 4.78 is 1.58. The van der Waals surface area contributed by atoms with Crippen LogP contribution in [0.1, 0.15) is 67.0 Å². The molecule has 2 atom stereocenters. The first-order valence-corrected chi connectivity index (χ1v) is 8.55. The number of nitrogens with zero attached hydrogens (tertiary/aromatic N) is 2. The molecule has 0 saturated heterocycles. The summed E-state index contributed by atoms with van der Waals surface area (Å²) >= 11 is 0. The van der Waals surface area contributed by atoms with Crippen molar-refractivity contribution in [2.45, 2.75) is 51.2 Å². The molecule has 1 heterocycles. The Hall–Kier alpha value is -2.14. The van der Waals surface area contributed by atoms with Crippen LogP contribution in [0.2, 0.25) is 0 Å². The minimum absolute atomic E-state index is 0.0359. The summed E-state index contributed by atoms with van der Waals surface area (Å²) in [6, 6.07) is 6.53. The molecule has 0 fully saturated rings. The molecule has 128 valence electrons. The van der Waals surface area contributed by atoms with E-state index in [-0.39, 0.29) is 11.9 Å². The summed E-state index contributed by atoms with van der Waals surface area (Å²) in [5.41, 5.74) is 4.29. The first-order valence-electron chi connectivity index (χ1n) is 8.55.